The van der Waals surface area contributed by atoms with Crippen LogP contribution in [0, 0.1) is 0 Å². The first kappa shape index (κ1) is 22.4. The van der Waals surface area contributed by atoms with Crippen LogP contribution in [0.25, 0.3) is 0 Å². The van der Waals surface area contributed by atoms with Gasteiger partial charge in [0.05, 0.1) is 10.8 Å². The molecule has 28 heavy (non-hydrogen) atoms. The Balaban J connectivity index is 2.66. The molecule has 1 N–H and O–H groups in total. The molecule has 2 rings (SSSR count). The van der Waals surface area contributed by atoms with E-state index in [2.05, 4.69) is 6.92 Å². The summed E-state index contributed by atoms with van der Waals surface area (Å²) < 4.78 is 14.0. The van der Waals surface area contributed by atoms with Crippen molar-refractivity contribution in [3.05, 3.63) is 46.6 Å². The molecule has 2 aromatic rings. The molecule has 0 bridgehead atoms. The topological polar surface area (TPSA) is 59.3 Å². The summed E-state index contributed by atoms with van der Waals surface area (Å²) in [4.78, 5) is 13.3. The van der Waals surface area contributed by atoms with Gasteiger partial charge in [-0.1, -0.05) is 48.5 Å². The zero-order valence-electron chi connectivity index (χ0n) is 18.3. The Bertz CT molecular complexity index is 876. The average Bonchev–Trinajstić information content (AvgIpc) is 2.96. The van der Waals surface area contributed by atoms with Gasteiger partial charge in [-0.2, -0.15) is 0 Å². The van der Waals surface area contributed by atoms with Crippen LogP contribution in [0.4, 0.5) is 0 Å². The smallest absolute Gasteiger partial charge is 0.194 e. The highest BCUT2D eigenvalue weighted by Crippen LogP contribution is 2.40. The first-order valence-corrected chi connectivity index (χ1v) is 11.3. The van der Waals surface area contributed by atoms with Gasteiger partial charge in [-0.15, -0.1) is 0 Å². The van der Waals surface area contributed by atoms with Crippen LogP contribution >= 0.6 is 0 Å². The molecule has 5 heteroatoms. The van der Waals surface area contributed by atoms with Crippen molar-refractivity contribution in [2.24, 2.45) is 0 Å². The van der Waals surface area contributed by atoms with Crippen LogP contribution in [0.3, 0.4) is 0 Å². The van der Waals surface area contributed by atoms with Gasteiger partial charge in [0.1, 0.15) is 10.8 Å². The largest absolute Gasteiger partial charge is 0.507 e. The fourth-order valence-electron chi connectivity index (χ4n) is 3.35. The van der Waals surface area contributed by atoms with Crippen LogP contribution in [-0.4, -0.2) is 25.9 Å². The van der Waals surface area contributed by atoms with Crippen molar-refractivity contribution in [2.75, 3.05) is 6.26 Å². The molecule has 0 radical (unpaired) electrons. The number of carbonyl (C=O) groups is 1. The first-order chi connectivity index (χ1) is 12.8. The number of aryl methyl sites for hydroxylation is 1. The molecule has 0 saturated heterocycles. The van der Waals surface area contributed by atoms with E-state index in [1.165, 1.54) is 0 Å². The van der Waals surface area contributed by atoms with Crippen LogP contribution in [0.2, 0.25) is 0 Å². The van der Waals surface area contributed by atoms with Crippen LogP contribution in [0.5, 0.6) is 5.75 Å². The van der Waals surface area contributed by atoms with Crippen LogP contribution < -0.4 is 0 Å². The normalized spacial score (nSPS) is 13.6. The molecule has 0 fully saturated rings. The van der Waals surface area contributed by atoms with E-state index in [4.69, 9.17) is 0 Å². The summed E-state index contributed by atoms with van der Waals surface area (Å²) in [6, 6.07) is 5.33. The Morgan fingerprint density at radius 3 is 1.89 bits per heavy atom. The lowest BCUT2D eigenvalue weighted by molar-refractivity contribution is 0.103. The lowest BCUT2D eigenvalue weighted by Crippen LogP contribution is -2.19. The predicted octanol–water partition coefficient (Wildman–Crippen LogP) is 5.17. The highest BCUT2D eigenvalue weighted by atomic mass is 32.2. The van der Waals surface area contributed by atoms with Gasteiger partial charge >= 0.3 is 0 Å². The zero-order chi connectivity index (χ0) is 21.4. The third-order valence-corrected chi connectivity index (χ3v) is 5.81. The number of hydrogen-bond acceptors (Lipinski definition) is 3. The molecular formula is C23H33NO3S. The van der Waals surface area contributed by atoms with Crippen molar-refractivity contribution in [3.63, 3.8) is 0 Å². The third kappa shape index (κ3) is 4.57. The molecule has 0 saturated carbocycles. The minimum Gasteiger partial charge on any atom is -0.507 e. The molecule has 0 aliphatic heterocycles. The number of benzene rings is 1. The molecule has 1 heterocycles. The molecule has 1 atom stereocenters. The second kappa shape index (κ2) is 7.86. The summed E-state index contributed by atoms with van der Waals surface area (Å²) in [6.45, 7) is 14.9. The number of hydrogen-bond donors (Lipinski definition) is 1. The lowest BCUT2D eigenvalue weighted by atomic mass is 9.78. The van der Waals surface area contributed by atoms with Crippen molar-refractivity contribution in [1.82, 2.24) is 4.57 Å². The maximum Gasteiger partial charge on any atom is 0.194 e. The Kier molecular flexibility index (Phi) is 6.29. The number of carbonyl (C=O) groups excluding carboxylic acids is 1. The number of rotatable bonds is 5. The average molecular weight is 404 g/mol. The van der Waals surface area contributed by atoms with Gasteiger partial charge in [-0.05, 0) is 35.4 Å². The fourth-order valence-corrected chi connectivity index (χ4v) is 4.12. The molecule has 154 valence electrons. The number of ketones is 1. The van der Waals surface area contributed by atoms with Gasteiger partial charge in [0.2, 0.25) is 0 Å². The van der Waals surface area contributed by atoms with E-state index in [0.717, 1.165) is 24.1 Å². The van der Waals surface area contributed by atoms with E-state index >= 15 is 0 Å². The van der Waals surface area contributed by atoms with E-state index in [-0.39, 0.29) is 22.4 Å². The summed E-state index contributed by atoms with van der Waals surface area (Å²) in [6.07, 6.45) is 4.32. The van der Waals surface area contributed by atoms with Gasteiger partial charge in [0.15, 0.2) is 5.78 Å². The molecule has 1 aromatic heterocycles. The quantitative estimate of drug-likeness (QED) is 0.701. The van der Waals surface area contributed by atoms with Crippen molar-refractivity contribution in [3.8, 4) is 5.75 Å². The van der Waals surface area contributed by atoms with Crippen molar-refractivity contribution >= 4 is 16.6 Å². The Morgan fingerprint density at radius 1 is 1.00 bits per heavy atom. The van der Waals surface area contributed by atoms with Crippen molar-refractivity contribution in [1.29, 1.82) is 0 Å². The monoisotopic (exact) mass is 403 g/mol. The highest BCUT2D eigenvalue weighted by Gasteiger charge is 2.28. The fraction of sp³-hybridized carbons (Fsp3) is 0.522. The summed E-state index contributed by atoms with van der Waals surface area (Å²) in [5.74, 6) is 0.146. The SMILES string of the molecule is CCCn1cc(C(=O)c2cc(C(C)(C)C)c(O)c(C(C)(C)C)c2)cc1S(C)=O. The minimum atomic E-state index is -1.16. The second-order valence-corrected chi connectivity index (χ2v) is 10.8. The summed E-state index contributed by atoms with van der Waals surface area (Å²) in [5, 5.41) is 11.5. The van der Waals surface area contributed by atoms with Gasteiger partial charge in [0, 0.05) is 41.3 Å². The van der Waals surface area contributed by atoms with Gasteiger partial charge in [0.25, 0.3) is 0 Å². The Morgan fingerprint density at radius 2 is 1.50 bits per heavy atom. The summed E-state index contributed by atoms with van der Waals surface area (Å²) in [5.41, 5.74) is 2.00. The van der Waals surface area contributed by atoms with Crippen molar-refractivity contribution in [2.45, 2.75) is 77.3 Å². The standard InChI is InChI=1S/C23H33NO3S/c1-9-10-24-14-16(13-19(24)28(8)27)20(25)15-11-17(22(2,3)4)21(26)18(12-15)23(5,6)7/h11-14,26H,9-10H2,1-8H3. The van der Waals surface area contributed by atoms with E-state index in [9.17, 15) is 14.1 Å². The zero-order valence-corrected chi connectivity index (χ0v) is 19.2. The van der Waals surface area contributed by atoms with Crippen LogP contribution in [0.1, 0.15) is 81.9 Å². The maximum atomic E-state index is 13.3. The Labute approximate surface area is 171 Å². The third-order valence-electron chi connectivity index (χ3n) is 4.87. The number of nitrogens with zero attached hydrogens (tertiary/aromatic N) is 1. The Hall–Kier alpha value is -1.88. The van der Waals surface area contributed by atoms with Crippen LogP contribution in [-0.2, 0) is 28.2 Å². The molecule has 0 aliphatic carbocycles. The summed E-state index contributed by atoms with van der Waals surface area (Å²) in [7, 11) is -1.16. The molecule has 0 spiro atoms. The molecule has 0 amide bonds. The lowest BCUT2D eigenvalue weighted by Gasteiger charge is -2.28. The maximum absolute atomic E-state index is 13.3. The number of aromatic nitrogens is 1. The number of phenols is 1. The molecule has 1 aromatic carbocycles. The molecule has 4 nitrogen and oxygen atoms in total. The summed E-state index contributed by atoms with van der Waals surface area (Å²) >= 11 is 0. The van der Waals surface area contributed by atoms with Gasteiger partial charge < -0.3 is 9.67 Å². The van der Waals surface area contributed by atoms with Crippen molar-refractivity contribution < 1.29 is 14.1 Å². The molecule has 1 unspecified atom stereocenters. The van der Waals surface area contributed by atoms with E-state index in [1.807, 2.05) is 46.1 Å². The van der Waals surface area contributed by atoms with Crippen LogP contribution in [0.15, 0.2) is 29.4 Å². The second-order valence-electron chi connectivity index (χ2n) is 9.46. The minimum absolute atomic E-state index is 0.113. The molecular weight excluding hydrogens is 370 g/mol. The van der Waals surface area contributed by atoms with E-state index < -0.39 is 10.8 Å². The first-order valence-electron chi connectivity index (χ1n) is 9.73. The number of phenolic OH excluding ortho intramolecular Hbond substituents is 1. The van der Waals surface area contributed by atoms with E-state index in [1.54, 1.807) is 30.7 Å². The highest BCUT2D eigenvalue weighted by molar-refractivity contribution is 7.84. The van der Waals surface area contributed by atoms with E-state index in [0.29, 0.717) is 16.2 Å². The molecule has 0 aliphatic rings. The van der Waals surface area contributed by atoms with Gasteiger partial charge in [-0.3, -0.25) is 9.00 Å². The predicted molar refractivity (Wildman–Crippen MR) is 116 cm³/mol. The number of aromatic hydroxyl groups is 1. The van der Waals surface area contributed by atoms with Gasteiger partial charge in [-0.25, -0.2) is 0 Å².